The molecule has 12 heteroatoms. The van der Waals surface area contributed by atoms with Gasteiger partial charge in [-0.2, -0.15) is 0 Å². The molecule has 3 N–H and O–H groups in total. The van der Waals surface area contributed by atoms with Crippen molar-refractivity contribution in [3.8, 4) is 22.8 Å². The van der Waals surface area contributed by atoms with E-state index in [1.54, 1.807) is 18.3 Å². The average molecular weight is 637 g/mol. The first-order chi connectivity index (χ1) is 21.3. The minimum absolute atomic E-state index is 0.149. The third kappa shape index (κ3) is 6.72. The Hall–Kier alpha value is -4.38. The Morgan fingerprint density at radius 1 is 1.07 bits per heavy atom. The number of halogens is 2. The van der Waals surface area contributed by atoms with Crippen LogP contribution in [0.25, 0.3) is 28.1 Å². The molecule has 3 heterocycles. The zero-order valence-corrected chi connectivity index (χ0v) is 25.9. The number of nitrogens with one attached hydrogen (secondary N) is 3. The zero-order valence-electron chi connectivity index (χ0n) is 24.4. The van der Waals surface area contributed by atoms with E-state index in [0.29, 0.717) is 64.1 Å². The number of benzene rings is 2. The molecule has 0 saturated carbocycles. The first-order valence-corrected chi connectivity index (χ1v) is 14.6. The Labute approximate surface area is 264 Å². The normalized spacial score (nSPS) is 13.6. The summed E-state index contributed by atoms with van der Waals surface area (Å²) >= 11 is 13.5. The molecule has 0 aliphatic carbocycles. The van der Waals surface area contributed by atoms with Crippen LogP contribution in [-0.4, -0.2) is 55.8 Å². The summed E-state index contributed by atoms with van der Waals surface area (Å²) in [7, 11) is 3.05. The SMILES string of the molecule is COc1cc(OC)c(Cl)c(-c2cc3cnc(Nc4c(C)cccc4C=CC(=O)NC=O)cc3c(NC3CCOCC3)n2)c1Cl. The molecule has 2 aromatic carbocycles. The fourth-order valence-electron chi connectivity index (χ4n) is 5.00. The second-order valence-electron chi connectivity index (χ2n) is 10.1. The topological polar surface area (TPSA) is 124 Å². The Balaban J connectivity index is 1.61. The van der Waals surface area contributed by atoms with E-state index in [-0.39, 0.29) is 6.04 Å². The largest absolute Gasteiger partial charge is 0.495 e. The number of ether oxygens (including phenoxy) is 3. The summed E-state index contributed by atoms with van der Waals surface area (Å²) in [6.45, 7) is 3.26. The number of amides is 2. The molecule has 1 aliphatic rings. The standard InChI is InChI=1S/C32H31Cl2N5O5/c1-18-5-4-6-19(7-8-27(41)36-17-40)31(18)39-26-14-22-20(16-35-26)13-23(38-32(22)37-21-9-11-44-12-10-21)28-29(33)24(42-2)15-25(43-3)30(28)34/h4-8,13-17,21H,9-12H2,1-3H3,(H,35,39)(H,37,38)(H,36,40,41). The fraction of sp³-hybridized carbons (Fsp3) is 0.250. The van der Waals surface area contributed by atoms with Gasteiger partial charge in [0.05, 0.1) is 30.0 Å². The summed E-state index contributed by atoms with van der Waals surface area (Å²) in [4.78, 5) is 32.2. The summed E-state index contributed by atoms with van der Waals surface area (Å²) < 4.78 is 16.5. The lowest BCUT2D eigenvalue weighted by Crippen LogP contribution is -2.28. The van der Waals surface area contributed by atoms with Gasteiger partial charge in [0.1, 0.15) is 23.1 Å². The number of nitrogens with zero attached hydrogens (tertiary/aromatic N) is 2. The van der Waals surface area contributed by atoms with Gasteiger partial charge in [0.2, 0.25) is 12.3 Å². The average Bonchev–Trinajstić information content (AvgIpc) is 3.02. The molecule has 44 heavy (non-hydrogen) atoms. The van der Waals surface area contributed by atoms with Crippen LogP contribution in [0.5, 0.6) is 11.5 Å². The number of aromatic nitrogens is 2. The van der Waals surface area contributed by atoms with Gasteiger partial charge in [0, 0.05) is 59.6 Å². The maximum absolute atomic E-state index is 11.8. The highest BCUT2D eigenvalue weighted by Gasteiger charge is 2.23. The van der Waals surface area contributed by atoms with Crippen molar-refractivity contribution in [2.45, 2.75) is 25.8 Å². The molecular weight excluding hydrogens is 605 g/mol. The van der Waals surface area contributed by atoms with E-state index >= 15 is 0 Å². The Morgan fingerprint density at radius 2 is 1.80 bits per heavy atom. The van der Waals surface area contributed by atoms with Crippen LogP contribution in [0.3, 0.4) is 0 Å². The Morgan fingerprint density at radius 3 is 2.48 bits per heavy atom. The second kappa shape index (κ2) is 13.9. The van der Waals surface area contributed by atoms with Crippen molar-refractivity contribution < 1.29 is 23.8 Å². The first-order valence-electron chi connectivity index (χ1n) is 13.9. The van der Waals surface area contributed by atoms with Crippen molar-refractivity contribution in [1.29, 1.82) is 0 Å². The van der Waals surface area contributed by atoms with E-state index in [9.17, 15) is 9.59 Å². The predicted octanol–water partition coefficient (Wildman–Crippen LogP) is 6.55. The number of imide groups is 1. The number of pyridine rings is 2. The molecule has 0 radical (unpaired) electrons. The highest BCUT2D eigenvalue weighted by atomic mass is 35.5. The van der Waals surface area contributed by atoms with Gasteiger partial charge in [-0.3, -0.25) is 14.9 Å². The van der Waals surface area contributed by atoms with E-state index in [1.807, 2.05) is 37.3 Å². The molecule has 0 unspecified atom stereocenters. The summed E-state index contributed by atoms with van der Waals surface area (Å²) in [6.07, 6.45) is 6.69. The molecule has 2 aromatic heterocycles. The van der Waals surface area contributed by atoms with E-state index in [0.717, 1.165) is 40.4 Å². The zero-order chi connectivity index (χ0) is 31.2. The molecule has 2 amide bonds. The van der Waals surface area contributed by atoms with Gasteiger partial charge in [-0.25, -0.2) is 9.97 Å². The molecule has 1 fully saturated rings. The minimum Gasteiger partial charge on any atom is -0.495 e. The lowest BCUT2D eigenvalue weighted by molar-refractivity contribution is -0.121. The van der Waals surface area contributed by atoms with Gasteiger partial charge in [0.25, 0.3) is 0 Å². The summed E-state index contributed by atoms with van der Waals surface area (Å²) in [5.74, 6) is 1.51. The number of anilines is 3. The smallest absolute Gasteiger partial charge is 0.250 e. The van der Waals surface area contributed by atoms with Crippen molar-refractivity contribution in [2.75, 3.05) is 38.1 Å². The van der Waals surface area contributed by atoms with Crippen molar-refractivity contribution in [3.63, 3.8) is 0 Å². The number of fused-ring (bicyclic) bond motifs is 1. The molecule has 228 valence electrons. The van der Waals surface area contributed by atoms with Crippen LogP contribution >= 0.6 is 23.2 Å². The third-order valence-corrected chi connectivity index (χ3v) is 8.03. The number of rotatable bonds is 10. The Kier molecular flexibility index (Phi) is 9.84. The minimum atomic E-state index is -0.518. The van der Waals surface area contributed by atoms with Crippen LogP contribution in [0.2, 0.25) is 10.0 Å². The number of carbonyl (C=O) groups excluding carboxylic acids is 2. The molecule has 10 nitrogen and oxygen atoms in total. The van der Waals surface area contributed by atoms with Crippen molar-refractivity contribution in [1.82, 2.24) is 15.3 Å². The van der Waals surface area contributed by atoms with Gasteiger partial charge >= 0.3 is 0 Å². The molecule has 4 aromatic rings. The van der Waals surface area contributed by atoms with E-state index < -0.39 is 5.91 Å². The van der Waals surface area contributed by atoms with Crippen LogP contribution in [-0.2, 0) is 14.3 Å². The maximum atomic E-state index is 11.8. The highest BCUT2D eigenvalue weighted by Crippen LogP contribution is 2.46. The molecule has 0 spiro atoms. The number of carbonyl (C=O) groups is 2. The van der Waals surface area contributed by atoms with Crippen molar-refractivity contribution in [3.05, 3.63) is 69.8 Å². The number of aryl methyl sites for hydroxylation is 1. The molecule has 5 rings (SSSR count). The van der Waals surface area contributed by atoms with Crippen molar-refractivity contribution >= 4 is 69.7 Å². The maximum Gasteiger partial charge on any atom is 0.250 e. The highest BCUT2D eigenvalue weighted by molar-refractivity contribution is 6.41. The van der Waals surface area contributed by atoms with E-state index in [4.69, 9.17) is 47.4 Å². The molecular formula is C32H31Cl2N5O5. The first kappa shape index (κ1) is 31.1. The quantitative estimate of drug-likeness (QED) is 0.131. The lowest BCUT2D eigenvalue weighted by Gasteiger charge is -2.25. The van der Waals surface area contributed by atoms with E-state index in [1.165, 1.54) is 20.3 Å². The van der Waals surface area contributed by atoms with Gasteiger partial charge in [-0.1, -0.05) is 41.4 Å². The predicted molar refractivity (Wildman–Crippen MR) is 173 cm³/mol. The van der Waals surface area contributed by atoms with E-state index in [2.05, 4.69) is 16.0 Å². The third-order valence-electron chi connectivity index (χ3n) is 7.28. The molecule has 0 atom stereocenters. The number of methoxy groups -OCH3 is 2. The van der Waals surface area contributed by atoms with Crippen LogP contribution in [0.1, 0.15) is 24.0 Å². The van der Waals surface area contributed by atoms with Crippen LogP contribution < -0.4 is 25.4 Å². The van der Waals surface area contributed by atoms with Crippen LogP contribution in [0.15, 0.2) is 48.7 Å². The lowest BCUT2D eigenvalue weighted by atomic mass is 10.0. The van der Waals surface area contributed by atoms with Gasteiger partial charge in [-0.15, -0.1) is 0 Å². The molecule has 0 bridgehead atoms. The number of hydrogen-bond donors (Lipinski definition) is 3. The van der Waals surface area contributed by atoms with Gasteiger partial charge < -0.3 is 24.8 Å². The van der Waals surface area contributed by atoms with Gasteiger partial charge in [0.15, 0.2) is 0 Å². The summed E-state index contributed by atoms with van der Waals surface area (Å²) in [5, 5.41) is 11.4. The second-order valence-corrected chi connectivity index (χ2v) is 10.8. The van der Waals surface area contributed by atoms with Crippen molar-refractivity contribution in [2.24, 2.45) is 0 Å². The summed E-state index contributed by atoms with van der Waals surface area (Å²) in [5.41, 5.74) is 3.47. The van der Waals surface area contributed by atoms with Gasteiger partial charge in [-0.05, 0) is 49.1 Å². The van der Waals surface area contributed by atoms with Crippen LogP contribution in [0.4, 0.5) is 17.3 Å². The fourth-order valence-corrected chi connectivity index (χ4v) is 5.69. The number of hydrogen-bond acceptors (Lipinski definition) is 9. The monoisotopic (exact) mass is 635 g/mol. The Bertz CT molecular complexity index is 1710. The number of para-hydroxylation sites is 1. The van der Waals surface area contributed by atoms with Crippen LogP contribution in [0, 0.1) is 6.92 Å². The molecule has 1 saturated heterocycles. The summed E-state index contributed by atoms with van der Waals surface area (Å²) in [6, 6.07) is 11.3. The molecule has 1 aliphatic heterocycles.